The van der Waals surface area contributed by atoms with Crippen LogP contribution in [-0.4, -0.2) is 54.6 Å². The van der Waals surface area contributed by atoms with E-state index < -0.39 is 0 Å². The highest BCUT2D eigenvalue weighted by Gasteiger charge is 2.26. The summed E-state index contributed by atoms with van der Waals surface area (Å²) in [6.07, 6.45) is 0.857. The Hall–Kier alpha value is -2.29. The zero-order valence-electron chi connectivity index (χ0n) is 15.1. The van der Waals surface area contributed by atoms with Gasteiger partial charge in [0, 0.05) is 51.0 Å². The minimum atomic E-state index is -0.0964. The average molecular weight is 395 g/mol. The van der Waals surface area contributed by atoms with Gasteiger partial charge < -0.3 is 24.4 Å². The summed E-state index contributed by atoms with van der Waals surface area (Å²) in [5.41, 5.74) is 3.47. The van der Waals surface area contributed by atoms with Crippen molar-refractivity contribution >= 4 is 18.3 Å². The fourth-order valence-electron chi connectivity index (χ4n) is 3.27. The second-order valence-electron chi connectivity index (χ2n) is 6.36. The molecule has 4 rings (SSSR count). The highest BCUT2D eigenvalue weighted by Crippen LogP contribution is 2.33. The van der Waals surface area contributed by atoms with Gasteiger partial charge in [0.15, 0.2) is 17.2 Å². The summed E-state index contributed by atoms with van der Waals surface area (Å²) >= 11 is 0. The smallest absolute Gasteiger partial charge is 0.275 e. The van der Waals surface area contributed by atoms with Crippen LogP contribution in [0.5, 0.6) is 11.5 Å². The number of hydrogen-bond acceptors (Lipinski definition) is 6. The lowest BCUT2D eigenvalue weighted by atomic mass is 10.1. The van der Waals surface area contributed by atoms with Crippen molar-refractivity contribution in [3.63, 3.8) is 0 Å². The van der Waals surface area contributed by atoms with Crippen LogP contribution in [-0.2, 0) is 24.2 Å². The Morgan fingerprint density at radius 2 is 2.19 bits per heavy atom. The lowest BCUT2D eigenvalue weighted by Gasteiger charge is -2.23. The number of nitrogens with zero attached hydrogens (tertiary/aromatic N) is 2. The van der Waals surface area contributed by atoms with Gasteiger partial charge >= 0.3 is 0 Å². The topological polar surface area (TPSA) is 88.7 Å². The third kappa shape index (κ3) is 4.02. The quantitative estimate of drug-likeness (QED) is 0.771. The Balaban J connectivity index is 0.00000210. The number of fused-ring (bicyclic) bond motifs is 2. The van der Waals surface area contributed by atoms with Crippen LogP contribution in [0.4, 0.5) is 0 Å². The molecule has 2 N–H and O–H groups in total. The number of methoxy groups -OCH3 is 1. The number of nitrogens with one attached hydrogen (secondary N) is 2. The van der Waals surface area contributed by atoms with Gasteiger partial charge in [0.1, 0.15) is 0 Å². The number of H-pyrrole nitrogens is 1. The maximum absolute atomic E-state index is 13.1. The monoisotopic (exact) mass is 394 g/mol. The van der Waals surface area contributed by atoms with Gasteiger partial charge in [-0.05, 0) is 17.7 Å². The van der Waals surface area contributed by atoms with E-state index in [1.807, 2.05) is 18.2 Å². The van der Waals surface area contributed by atoms with E-state index in [1.165, 1.54) is 0 Å². The molecule has 0 aliphatic carbocycles. The van der Waals surface area contributed by atoms with E-state index in [0.717, 1.165) is 35.5 Å². The van der Waals surface area contributed by atoms with Crippen molar-refractivity contribution in [1.29, 1.82) is 0 Å². The first-order valence-electron chi connectivity index (χ1n) is 8.70. The van der Waals surface area contributed by atoms with Crippen molar-refractivity contribution in [2.45, 2.75) is 19.5 Å². The van der Waals surface area contributed by atoms with Crippen molar-refractivity contribution < 1.29 is 19.0 Å². The fraction of sp³-hybridized carbons (Fsp3) is 0.444. The number of carbonyl (C=O) groups is 1. The zero-order chi connectivity index (χ0) is 17.9. The number of rotatable bonds is 6. The summed E-state index contributed by atoms with van der Waals surface area (Å²) in [6, 6.07) is 5.73. The van der Waals surface area contributed by atoms with Gasteiger partial charge in [-0.15, -0.1) is 12.4 Å². The Morgan fingerprint density at radius 3 is 3.04 bits per heavy atom. The summed E-state index contributed by atoms with van der Waals surface area (Å²) in [5, 5.41) is 10.6. The molecule has 9 heteroatoms. The molecule has 0 saturated heterocycles. The Labute approximate surface area is 163 Å². The van der Waals surface area contributed by atoms with Crippen molar-refractivity contribution in [1.82, 2.24) is 20.4 Å². The molecule has 1 amide bonds. The molecule has 1 aromatic carbocycles. The van der Waals surface area contributed by atoms with Gasteiger partial charge in [0.2, 0.25) is 6.79 Å². The van der Waals surface area contributed by atoms with Crippen molar-refractivity contribution in [3.8, 4) is 11.5 Å². The van der Waals surface area contributed by atoms with E-state index in [0.29, 0.717) is 37.7 Å². The third-order valence-corrected chi connectivity index (χ3v) is 4.67. The van der Waals surface area contributed by atoms with Crippen molar-refractivity contribution in [2.75, 3.05) is 33.6 Å². The molecular weight excluding hydrogens is 372 g/mol. The summed E-state index contributed by atoms with van der Waals surface area (Å²) in [7, 11) is 1.63. The Kier molecular flexibility index (Phi) is 6.20. The molecule has 0 bridgehead atoms. The molecular formula is C18H23ClN4O4. The Morgan fingerprint density at radius 1 is 1.33 bits per heavy atom. The van der Waals surface area contributed by atoms with Gasteiger partial charge in [-0.3, -0.25) is 9.89 Å². The minimum absolute atomic E-state index is 0. The summed E-state index contributed by atoms with van der Waals surface area (Å²) < 4.78 is 16.0. The normalized spacial score (nSPS) is 14.4. The number of amides is 1. The fourth-order valence-corrected chi connectivity index (χ4v) is 3.27. The van der Waals surface area contributed by atoms with Crippen LogP contribution in [0.25, 0.3) is 0 Å². The number of ether oxygens (including phenoxy) is 3. The predicted molar refractivity (Wildman–Crippen MR) is 100 cm³/mol. The van der Waals surface area contributed by atoms with E-state index in [2.05, 4.69) is 15.5 Å². The Bertz CT molecular complexity index is 811. The van der Waals surface area contributed by atoms with E-state index >= 15 is 0 Å². The van der Waals surface area contributed by atoms with Crippen LogP contribution in [0.15, 0.2) is 18.2 Å². The van der Waals surface area contributed by atoms with E-state index in [9.17, 15) is 4.79 Å². The first-order valence-corrected chi connectivity index (χ1v) is 8.70. The summed E-state index contributed by atoms with van der Waals surface area (Å²) in [6.45, 7) is 3.19. The molecule has 27 heavy (non-hydrogen) atoms. The predicted octanol–water partition coefficient (Wildman–Crippen LogP) is 1.49. The zero-order valence-corrected chi connectivity index (χ0v) is 15.9. The van der Waals surface area contributed by atoms with Crippen molar-refractivity contribution in [3.05, 3.63) is 40.7 Å². The lowest BCUT2D eigenvalue weighted by molar-refractivity contribution is 0.0673. The highest BCUT2D eigenvalue weighted by molar-refractivity contribution is 5.94. The molecule has 0 radical (unpaired) electrons. The lowest BCUT2D eigenvalue weighted by Crippen LogP contribution is -2.35. The maximum atomic E-state index is 13.1. The van der Waals surface area contributed by atoms with E-state index in [1.54, 1.807) is 12.0 Å². The van der Waals surface area contributed by atoms with Crippen LogP contribution in [0.2, 0.25) is 0 Å². The number of halogens is 1. The second-order valence-corrected chi connectivity index (χ2v) is 6.36. The van der Waals surface area contributed by atoms with E-state index in [-0.39, 0.29) is 25.1 Å². The molecule has 0 unspecified atom stereocenters. The molecule has 0 fully saturated rings. The van der Waals surface area contributed by atoms with Gasteiger partial charge in [-0.2, -0.15) is 5.10 Å². The largest absolute Gasteiger partial charge is 0.454 e. The maximum Gasteiger partial charge on any atom is 0.275 e. The molecule has 0 atom stereocenters. The molecule has 146 valence electrons. The average Bonchev–Trinajstić information content (AvgIpc) is 3.30. The SMILES string of the molecule is COCCN(Cc1ccc2c(c1)OCO2)C(=O)c1n[nH]c2c1CNCC2.Cl. The van der Waals surface area contributed by atoms with E-state index in [4.69, 9.17) is 14.2 Å². The minimum Gasteiger partial charge on any atom is -0.454 e. The second kappa shape index (κ2) is 8.60. The van der Waals surface area contributed by atoms with Gasteiger partial charge in [0.25, 0.3) is 5.91 Å². The molecule has 2 aliphatic rings. The van der Waals surface area contributed by atoms with Gasteiger partial charge in [-0.25, -0.2) is 0 Å². The number of aromatic nitrogens is 2. The number of hydrogen-bond donors (Lipinski definition) is 2. The standard InChI is InChI=1S/C18H22N4O4.ClH/c1-24-7-6-22(10-12-2-3-15-16(8-12)26-11-25-15)18(23)17-13-9-19-5-4-14(13)20-21-17;/h2-3,8,19H,4-7,9-11H2,1H3,(H,20,21);1H. The van der Waals surface area contributed by atoms with Crippen LogP contribution < -0.4 is 14.8 Å². The third-order valence-electron chi connectivity index (χ3n) is 4.67. The number of aromatic amines is 1. The van der Waals surface area contributed by atoms with Gasteiger partial charge in [-0.1, -0.05) is 6.07 Å². The molecule has 3 heterocycles. The first-order chi connectivity index (χ1) is 12.8. The summed E-state index contributed by atoms with van der Waals surface area (Å²) in [5.74, 6) is 1.35. The highest BCUT2D eigenvalue weighted by atomic mass is 35.5. The first kappa shape index (κ1) is 19.5. The van der Waals surface area contributed by atoms with Crippen LogP contribution >= 0.6 is 12.4 Å². The molecule has 2 aliphatic heterocycles. The van der Waals surface area contributed by atoms with Crippen LogP contribution in [0.1, 0.15) is 27.3 Å². The molecule has 1 aromatic heterocycles. The number of benzene rings is 1. The summed E-state index contributed by atoms with van der Waals surface area (Å²) in [4.78, 5) is 14.9. The van der Waals surface area contributed by atoms with Crippen LogP contribution in [0, 0.1) is 0 Å². The molecule has 2 aromatic rings. The number of carbonyl (C=O) groups excluding carboxylic acids is 1. The van der Waals surface area contributed by atoms with Crippen LogP contribution in [0.3, 0.4) is 0 Å². The molecule has 0 spiro atoms. The van der Waals surface area contributed by atoms with Gasteiger partial charge in [0.05, 0.1) is 6.61 Å². The molecule has 0 saturated carbocycles. The molecule has 8 nitrogen and oxygen atoms in total. The van der Waals surface area contributed by atoms with Crippen molar-refractivity contribution in [2.24, 2.45) is 0 Å².